The van der Waals surface area contributed by atoms with Crippen LogP contribution >= 0.6 is 7.82 Å². The summed E-state index contributed by atoms with van der Waals surface area (Å²) in [6.45, 7) is 3.62. The molecule has 51 heavy (non-hydrogen) atoms. The molecule has 0 aliphatic heterocycles. The Kier molecular flexibility index (Phi) is 36.2. The van der Waals surface area contributed by atoms with Crippen LogP contribution in [0.25, 0.3) is 0 Å². The van der Waals surface area contributed by atoms with Crippen LogP contribution in [0.3, 0.4) is 0 Å². The Morgan fingerprint density at radius 2 is 1.06 bits per heavy atom. The largest absolute Gasteiger partial charge is 0.472 e. The summed E-state index contributed by atoms with van der Waals surface area (Å²) in [6.07, 6.45) is 41.4. The van der Waals surface area contributed by atoms with Gasteiger partial charge in [0.05, 0.1) is 13.2 Å². The number of carbonyl (C=O) groups excluding carboxylic acids is 2. The molecule has 0 fully saturated rings. The van der Waals surface area contributed by atoms with Gasteiger partial charge in [-0.2, -0.15) is 0 Å². The van der Waals surface area contributed by atoms with E-state index < -0.39 is 32.5 Å². The molecule has 0 rings (SSSR count). The minimum absolute atomic E-state index is 0.0482. The highest BCUT2D eigenvalue weighted by Gasteiger charge is 2.25. The first-order valence-electron chi connectivity index (χ1n) is 20.1. The number of nitrogens with two attached hydrogens (primary N) is 1. The molecule has 0 saturated heterocycles. The average molecular weight is 740 g/mol. The Labute approximate surface area is 311 Å². The third kappa shape index (κ3) is 37.5. The molecule has 0 aromatic rings. The molecule has 3 N–H and O–H groups in total. The summed E-state index contributed by atoms with van der Waals surface area (Å²) in [5.74, 6) is -0.865. The second kappa shape index (κ2) is 37.7. The van der Waals surface area contributed by atoms with Crippen LogP contribution in [0, 0.1) is 0 Å². The lowest BCUT2D eigenvalue weighted by Crippen LogP contribution is -2.29. The molecule has 9 nitrogen and oxygen atoms in total. The van der Waals surface area contributed by atoms with Crippen molar-refractivity contribution in [2.24, 2.45) is 5.73 Å². The molecule has 0 aromatic carbocycles. The number of rotatable bonds is 37. The van der Waals surface area contributed by atoms with Gasteiger partial charge in [-0.05, 0) is 51.4 Å². The van der Waals surface area contributed by atoms with E-state index in [1.807, 2.05) is 0 Å². The maximum Gasteiger partial charge on any atom is 0.472 e. The summed E-state index contributed by atoms with van der Waals surface area (Å²) in [4.78, 5) is 34.8. The smallest absolute Gasteiger partial charge is 0.462 e. The third-order valence-corrected chi connectivity index (χ3v) is 9.18. The lowest BCUT2D eigenvalue weighted by Gasteiger charge is -2.19. The Bertz CT molecular complexity index is 981. The van der Waals surface area contributed by atoms with Crippen LogP contribution in [0.5, 0.6) is 0 Å². The van der Waals surface area contributed by atoms with Gasteiger partial charge in [0, 0.05) is 19.4 Å². The molecule has 10 heteroatoms. The Balaban J connectivity index is 4.25. The van der Waals surface area contributed by atoms with E-state index in [0.29, 0.717) is 12.8 Å². The van der Waals surface area contributed by atoms with Crippen molar-refractivity contribution in [1.82, 2.24) is 0 Å². The molecule has 0 bridgehead atoms. The van der Waals surface area contributed by atoms with E-state index in [9.17, 15) is 19.0 Å². The molecule has 0 aliphatic carbocycles. The van der Waals surface area contributed by atoms with E-state index >= 15 is 0 Å². The molecule has 0 amide bonds. The second-order valence-electron chi connectivity index (χ2n) is 13.2. The van der Waals surface area contributed by atoms with Gasteiger partial charge in [-0.3, -0.25) is 18.6 Å². The van der Waals surface area contributed by atoms with Crippen LogP contribution in [0.2, 0.25) is 0 Å². The van der Waals surface area contributed by atoms with Gasteiger partial charge in [-0.25, -0.2) is 4.57 Å². The number of allylic oxidation sites excluding steroid dienone is 8. The number of hydrogen-bond acceptors (Lipinski definition) is 8. The SMILES string of the molecule is CCC/C=C/C/C=C/C/C=C/C/C=C/CCCCCC(=O)OC[C@H](COP(=O)(O)OCCN)OC(=O)CCCCCCCCCCCCCCC. The summed E-state index contributed by atoms with van der Waals surface area (Å²) in [7, 11) is -4.38. The van der Waals surface area contributed by atoms with Gasteiger partial charge in [0.2, 0.25) is 0 Å². The molecule has 0 aromatic heterocycles. The maximum absolute atomic E-state index is 12.5. The molecule has 0 saturated carbocycles. The van der Waals surface area contributed by atoms with E-state index in [1.54, 1.807) is 0 Å². The van der Waals surface area contributed by atoms with E-state index in [-0.39, 0.29) is 32.6 Å². The number of carbonyl (C=O) groups is 2. The van der Waals surface area contributed by atoms with Crippen molar-refractivity contribution in [1.29, 1.82) is 0 Å². The molecule has 0 heterocycles. The van der Waals surface area contributed by atoms with Crippen LogP contribution in [0.15, 0.2) is 48.6 Å². The lowest BCUT2D eigenvalue weighted by atomic mass is 10.0. The second-order valence-corrected chi connectivity index (χ2v) is 14.6. The standard InChI is InChI=1S/C41H74NO8P/c1-3-5-7-9-11-13-15-17-18-19-20-22-23-25-27-29-31-33-40(43)47-37-39(38-49-51(45,46)48-36-35-42)50-41(44)34-32-30-28-26-24-21-16-14-12-10-8-6-4-2/h7,9,13,15,18-19,22-23,39H,3-6,8,10-12,14,16-17,20-21,24-38,42H2,1-2H3,(H,45,46)/b9-7+,15-13+,19-18+,23-22+/t39-/m1/s1. The third-order valence-electron chi connectivity index (χ3n) is 8.20. The highest BCUT2D eigenvalue weighted by molar-refractivity contribution is 7.47. The fraction of sp³-hybridized carbons (Fsp3) is 0.756. The predicted octanol–water partition coefficient (Wildman–Crippen LogP) is 11.2. The normalized spacial score (nSPS) is 13.9. The van der Waals surface area contributed by atoms with Crippen molar-refractivity contribution in [3.63, 3.8) is 0 Å². The fourth-order valence-corrected chi connectivity index (χ4v) is 5.98. The van der Waals surface area contributed by atoms with Crippen molar-refractivity contribution >= 4 is 19.8 Å². The highest BCUT2D eigenvalue weighted by Crippen LogP contribution is 2.43. The zero-order valence-electron chi connectivity index (χ0n) is 32.3. The summed E-state index contributed by atoms with van der Waals surface area (Å²) in [6, 6.07) is 0. The topological polar surface area (TPSA) is 134 Å². The molecule has 2 atom stereocenters. The quantitative estimate of drug-likeness (QED) is 0.0276. The van der Waals surface area contributed by atoms with E-state index in [2.05, 4.69) is 62.5 Å². The maximum atomic E-state index is 12.5. The van der Waals surface area contributed by atoms with E-state index in [4.69, 9.17) is 24.3 Å². The molecule has 1 unspecified atom stereocenters. The van der Waals surface area contributed by atoms with Crippen molar-refractivity contribution < 1.29 is 37.6 Å². The zero-order chi connectivity index (χ0) is 37.5. The van der Waals surface area contributed by atoms with Gasteiger partial charge < -0.3 is 20.1 Å². The monoisotopic (exact) mass is 740 g/mol. The molecular weight excluding hydrogens is 665 g/mol. The highest BCUT2D eigenvalue weighted by atomic mass is 31.2. The zero-order valence-corrected chi connectivity index (χ0v) is 33.2. The fourth-order valence-electron chi connectivity index (χ4n) is 5.21. The number of phosphoric ester groups is 1. The number of ether oxygens (including phenoxy) is 2. The van der Waals surface area contributed by atoms with Crippen LogP contribution in [-0.2, 0) is 32.7 Å². The first kappa shape index (κ1) is 49.0. The van der Waals surface area contributed by atoms with Gasteiger partial charge in [0.25, 0.3) is 0 Å². The first-order valence-corrected chi connectivity index (χ1v) is 21.6. The molecule has 296 valence electrons. The lowest BCUT2D eigenvalue weighted by molar-refractivity contribution is -0.161. The summed E-state index contributed by atoms with van der Waals surface area (Å²) in [5, 5.41) is 0. The number of hydrogen-bond donors (Lipinski definition) is 2. The Hall–Kier alpha value is -2.03. The van der Waals surface area contributed by atoms with Crippen LogP contribution in [0.1, 0.15) is 168 Å². The van der Waals surface area contributed by atoms with Crippen LogP contribution < -0.4 is 5.73 Å². The van der Waals surface area contributed by atoms with E-state index in [0.717, 1.165) is 64.2 Å². The van der Waals surface area contributed by atoms with Crippen molar-refractivity contribution in [3.8, 4) is 0 Å². The average Bonchev–Trinajstić information content (AvgIpc) is 3.11. The predicted molar refractivity (Wildman–Crippen MR) is 210 cm³/mol. The molecule has 0 aliphatic rings. The van der Waals surface area contributed by atoms with Crippen LogP contribution in [-0.4, -0.2) is 49.3 Å². The Morgan fingerprint density at radius 3 is 1.59 bits per heavy atom. The van der Waals surface area contributed by atoms with Crippen molar-refractivity contribution in [3.05, 3.63) is 48.6 Å². The van der Waals surface area contributed by atoms with Crippen molar-refractivity contribution in [2.45, 2.75) is 174 Å². The number of phosphoric acid groups is 1. The summed E-state index contributed by atoms with van der Waals surface area (Å²) >= 11 is 0. The molecule has 0 spiro atoms. The van der Waals surface area contributed by atoms with Gasteiger partial charge in [0.15, 0.2) is 6.10 Å². The van der Waals surface area contributed by atoms with Crippen LogP contribution in [0.4, 0.5) is 0 Å². The summed E-state index contributed by atoms with van der Waals surface area (Å²) < 4.78 is 32.7. The summed E-state index contributed by atoms with van der Waals surface area (Å²) in [5.41, 5.74) is 5.33. The number of unbranched alkanes of at least 4 members (excludes halogenated alkanes) is 16. The first-order chi connectivity index (χ1) is 24.8. The van der Waals surface area contributed by atoms with Gasteiger partial charge >= 0.3 is 19.8 Å². The Morgan fingerprint density at radius 1 is 0.588 bits per heavy atom. The minimum Gasteiger partial charge on any atom is -0.462 e. The van der Waals surface area contributed by atoms with Crippen molar-refractivity contribution in [2.75, 3.05) is 26.4 Å². The minimum atomic E-state index is -4.38. The van der Waals surface area contributed by atoms with Gasteiger partial charge in [0.1, 0.15) is 6.61 Å². The van der Waals surface area contributed by atoms with E-state index in [1.165, 1.54) is 64.2 Å². The molecule has 0 radical (unpaired) electrons. The molecular formula is C41H74NO8P. The number of esters is 2. The van der Waals surface area contributed by atoms with Gasteiger partial charge in [-0.1, -0.05) is 152 Å². The van der Waals surface area contributed by atoms with Gasteiger partial charge in [-0.15, -0.1) is 0 Å².